The summed E-state index contributed by atoms with van der Waals surface area (Å²) in [6.45, 7) is 1.79. The van der Waals surface area contributed by atoms with Crippen LogP contribution in [0, 0.1) is 0 Å². The van der Waals surface area contributed by atoms with Gasteiger partial charge in [0.05, 0.1) is 16.6 Å². The van der Waals surface area contributed by atoms with Crippen LogP contribution in [0.2, 0.25) is 0 Å². The Hall–Kier alpha value is -2.17. The molecule has 0 bridgehead atoms. The fourth-order valence-corrected chi connectivity index (χ4v) is 1.62. The zero-order valence-electron chi connectivity index (χ0n) is 8.64. The lowest BCUT2D eigenvalue weighted by atomic mass is 10.1. The smallest absolute Gasteiger partial charge is 0.341 e. The molecule has 0 aliphatic carbocycles. The fraction of sp³-hybridized carbons (Fsp3) is 0.182. The first kappa shape index (κ1) is 10.4. The standard InChI is InChI=1S/C11H10N2O3/c1-2-7-9(11(15)16)10(14)6-5-12-4-3-8(6)13-7/h3-5H,2H2,1H3,(H,13,14)(H,15,16). The maximum absolute atomic E-state index is 11.0. The Morgan fingerprint density at radius 2 is 2.25 bits per heavy atom. The predicted molar refractivity (Wildman–Crippen MR) is 57.5 cm³/mol. The number of carboxylic acid groups (broad SMARTS) is 1. The van der Waals surface area contributed by atoms with Gasteiger partial charge in [-0.2, -0.15) is 0 Å². The molecule has 0 aliphatic rings. The van der Waals surface area contributed by atoms with Crippen LogP contribution in [-0.2, 0) is 6.42 Å². The number of carbonyl (C=O) groups is 1. The number of aromatic nitrogens is 2. The van der Waals surface area contributed by atoms with Crippen molar-refractivity contribution in [1.29, 1.82) is 0 Å². The van der Waals surface area contributed by atoms with Crippen LogP contribution in [0.1, 0.15) is 23.0 Å². The lowest BCUT2D eigenvalue weighted by molar-refractivity contribution is 0.0692. The number of rotatable bonds is 2. The van der Waals surface area contributed by atoms with Gasteiger partial charge in [-0.15, -0.1) is 0 Å². The van der Waals surface area contributed by atoms with Gasteiger partial charge in [-0.25, -0.2) is 4.79 Å². The molecular formula is C11H10N2O3. The SMILES string of the molecule is CCc1nc2ccncc2c(O)c1C(=O)O. The van der Waals surface area contributed by atoms with Gasteiger partial charge in [0, 0.05) is 12.4 Å². The van der Waals surface area contributed by atoms with E-state index in [9.17, 15) is 9.90 Å². The molecule has 0 atom stereocenters. The van der Waals surface area contributed by atoms with Crippen molar-refractivity contribution in [2.24, 2.45) is 0 Å². The first-order valence-corrected chi connectivity index (χ1v) is 4.84. The number of hydrogen-bond acceptors (Lipinski definition) is 4. The molecule has 0 fully saturated rings. The summed E-state index contributed by atoms with van der Waals surface area (Å²) in [5.41, 5.74) is 0.793. The summed E-state index contributed by atoms with van der Waals surface area (Å²) in [5, 5.41) is 19.2. The Labute approximate surface area is 91.4 Å². The van der Waals surface area contributed by atoms with Gasteiger partial charge >= 0.3 is 5.97 Å². The Morgan fingerprint density at radius 1 is 1.50 bits per heavy atom. The molecule has 0 unspecified atom stereocenters. The maximum atomic E-state index is 11.0. The topological polar surface area (TPSA) is 83.3 Å². The Bertz CT molecular complexity index is 566. The second-order valence-corrected chi connectivity index (χ2v) is 3.33. The third kappa shape index (κ3) is 1.46. The molecule has 2 rings (SSSR count). The summed E-state index contributed by atoms with van der Waals surface area (Å²) < 4.78 is 0. The molecule has 0 aromatic carbocycles. The van der Waals surface area contributed by atoms with E-state index in [2.05, 4.69) is 9.97 Å². The molecule has 16 heavy (non-hydrogen) atoms. The lowest BCUT2D eigenvalue weighted by Crippen LogP contribution is -2.05. The molecule has 0 saturated heterocycles. The van der Waals surface area contributed by atoms with Crippen molar-refractivity contribution >= 4 is 16.9 Å². The van der Waals surface area contributed by atoms with Crippen molar-refractivity contribution in [3.05, 3.63) is 29.7 Å². The zero-order chi connectivity index (χ0) is 11.7. The van der Waals surface area contributed by atoms with Crippen molar-refractivity contribution in [1.82, 2.24) is 9.97 Å². The van der Waals surface area contributed by atoms with Gasteiger partial charge in [-0.1, -0.05) is 6.92 Å². The largest absolute Gasteiger partial charge is 0.506 e. The van der Waals surface area contributed by atoms with Crippen molar-refractivity contribution in [3.63, 3.8) is 0 Å². The number of carboxylic acids is 1. The molecule has 0 amide bonds. The minimum Gasteiger partial charge on any atom is -0.506 e. The molecular weight excluding hydrogens is 208 g/mol. The molecule has 0 saturated carbocycles. The second kappa shape index (κ2) is 3.77. The third-order valence-corrected chi connectivity index (χ3v) is 2.38. The molecule has 2 aromatic rings. The van der Waals surface area contributed by atoms with Crippen LogP contribution in [0.4, 0.5) is 0 Å². The summed E-state index contributed by atoms with van der Waals surface area (Å²) >= 11 is 0. The van der Waals surface area contributed by atoms with Gasteiger partial charge in [0.2, 0.25) is 0 Å². The number of aromatic hydroxyl groups is 1. The molecule has 2 heterocycles. The number of aryl methyl sites for hydroxylation is 1. The van der Waals surface area contributed by atoms with Gasteiger partial charge < -0.3 is 10.2 Å². The van der Waals surface area contributed by atoms with E-state index in [4.69, 9.17) is 5.11 Å². The fourth-order valence-electron chi connectivity index (χ4n) is 1.62. The first-order valence-electron chi connectivity index (χ1n) is 4.84. The molecule has 82 valence electrons. The summed E-state index contributed by atoms with van der Waals surface area (Å²) in [6.07, 6.45) is 3.41. The highest BCUT2D eigenvalue weighted by molar-refractivity contribution is 5.99. The van der Waals surface area contributed by atoms with Gasteiger partial charge in [0.15, 0.2) is 0 Å². The van der Waals surface area contributed by atoms with Gasteiger partial charge in [0.25, 0.3) is 0 Å². The Kier molecular flexibility index (Phi) is 2.44. The number of fused-ring (bicyclic) bond motifs is 1. The highest BCUT2D eigenvalue weighted by Gasteiger charge is 2.19. The number of nitrogens with zero attached hydrogens (tertiary/aromatic N) is 2. The minimum absolute atomic E-state index is 0.136. The summed E-state index contributed by atoms with van der Waals surface area (Å²) in [5.74, 6) is -1.44. The zero-order valence-corrected chi connectivity index (χ0v) is 8.64. The number of pyridine rings is 2. The highest BCUT2D eigenvalue weighted by Crippen LogP contribution is 2.29. The van der Waals surface area contributed by atoms with E-state index in [1.165, 1.54) is 6.20 Å². The van der Waals surface area contributed by atoms with Crippen LogP contribution in [0.25, 0.3) is 10.9 Å². The monoisotopic (exact) mass is 218 g/mol. The van der Waals surface area contributed by atoms with Crippen LogP contribution in [0.5, 0.6) is 5.75 Å². The number of hydrogen-bond donors (Lipinski definition) is 2. The van der Waals surface area contributed by atoms with Crippen LogP contribution in [0.15, 0.2) is 18.5 Å². The molecule has 2 N–H and O–H groups in total. The van der Waals surface area contributed by atoms with E-state index in [0.29, 0.717) is 23.0 Å². The molecule has 2 aromatic heterocycles. The molecule has 5 heteroatoms. The quantitative estimate of drug-likeness (QED) is 0.799. The van der Waals surface area contributed by atoms with Crippen molar-refractivity contribution in [3.8, 4) is 5.75 Å². The Balaban J connectivity index is 2.87. The third-order valence-electron chi connectivity index (χ3n) is 2.38. The van der Waals surface area contributed by atoms with Crippen molar-refractivity contribution < 1.29 is 15.0 Å². The predicted octanol–water partition coefficient (Wildman–Crippen LogP) is 1.60. The van der Waals surface area contributed by atoms with E-state index < -0.39 is 5.97 Å². The average Bonchev–Trinajstić information content (AvgIpc) is 2.28. The average molecular weight is 218 g/mol. The van der Waals surface area contributed by atoms with E-state index >= 15 is 0 Å². The van der Waals surface area contributed by atoms with Gasteiger partial charge in [0.1, 0.15) is 11.3 Å². The maximum Gasteiger partial charge on any atom is 0.341 e. The lowest BCUT2D eigenvalue weighted by Gasteiger charge is -2.08. The van der Waals surface area contributed by atoms with Crippen LogP contribution < -0.4 is 0 Å². The van der Waals surface area contributed by atoms with Crippen LogP contribution >= 0.6 is 0 Å². The molecule has 0 spiro atoms. The number of aromatic carboxylic acids is 1. The molecule has 5 nitrogen and oxygen atoms in total. The summed E-state index contributed by atoms with van der Waals surface area (Å²) in [6, 6.07) is 1.64. The van der Waals surface area contributed by atoms with Crippen molar-refractivity contribution in [2.75, 3.05) is 0 Å². The van der Waals surface area contributed by atoms with Crippen LogP contribution in [-0.4, -0.2) is 26.2 Å². The summed E-state index contributed by atoms with van der Waals surface area (Å²) in [4.78, 5) is 19.1. The van der Waals surface area contributed by atoms with E-state index in [-0.39, 0.29) is 11.3 Å². The Morgan fingerprint density at radius 3 is 2.88 bits per heavy atom. The van der Waals surface area contributed by atoms with Gasteiger partial charge in [-0.3, -0.25) is 9.97 Å². The second-order valence-electron chi connectivity index (χ2n) is 3.33. The van der Waals surface area contributed by atoms with Crippen molar-refractivity contribution in [2.45, 2.75) is 13.3 Å². The normalized spacial score (nSPS) is 10.6. The van der Waals surface area contributed by atoms with E-state index in [1.807, 2.05) is 0 Å². The highest BCUT2D eigenvalue weighted by atomic mass is 16.4. The minimum atomic E-state index is -1.17. The first-order chi connectivity index (χ1) is 7.65. The van der Waals surface area contributed by atoms with Gasteiger partial charge in [-0.05, 0) is 12.5 Å². The van der Waals surface area contributed by atoms with E-state index in [0.717, 1.165) is 0 Å². The molecule has 0 aliphatic heterocycles. The summed E-state index contributed by atoms with van der Waals surface area (Å²) in [7, 11) is 0. The molecule has 0 radical (unpaired) electrons. The van der Waals surface area contributed by atoms with Crippen LogP contribution in [0.3, 0.4) is 0 Å². The van der Waals surface area contributed by atoms with E-state index in [1.54, 1.807) is 19.2 Å².